The maximum absolute atomic E-state index is 5.78. The third-order valence-electron chi connectivity index (χ3n) is 3.84. The molecule has 19 heavy (non-hydrogen) atoms. The first-order valence-electron chi connectivity index (χ1n) is 7.61. The number of nitrogens with zero attached hydrogens (tertiary/aromatic N) is 1. The van der Waals surface area contributed by atoms with E-state index in [0.29, 0.717) is 12.0 Å². The van der Waals surface area contributed by atoms with Crippen LogP contribution in [0.3, 0.4) is 0 Å². The third kappa shape index (κ3) is 3.77. The van der Waals surface area contributed by atoms with Gasteiger partial charge < -0.3 is 10.1 Å². The van der Waals surface area contributed by atoms with Crippen LogP contribution in [-0.2, 0) is 11.2 Å². The van der Waals surface area contributed by atoms with Gasteiger partial charge >= 0.3 is 0 Å². The quantitative estimate of drug-likeness (QED) is 0.767. The van der Waals surface area contributed by atoms with E-state index in [2.05, 4.69) is 36.3 Å². The molecule has 1 aromatic rings. The molecule has 2 rings (SSSR count). The molecule has 3 heteroatoms. The molecule has 3 nitrogen and oxygen atoms in total. The summed E-state index contributed by atoms with van der Waals surface area (Å²) in [7, 11) is 0. The van der Waals surface area contributed by atoms with Crippen molar-refractivity contribution in [2.75, 3.05) is 19.8 Å². The maximum Gasteiger partial charge on any atom is 0.0626 e. The van der Waals surface area contributed by atoms with Crippen molar-refractivity contribution < 1.29 is 4.74 Å². The van der Waals surface area contributed by atoms with Gasteiger partial charge in [0.15, 0.2) is 0 Å². The standard InChI is InChI=1S/C16H26N2O/c1-3-11-19-12-15(17-4-2)14-9-5-7-13-8-6-10-18-16(13)14/h6,8,10,14-15,17H,3-5,7,9,11-12H2,1-2H3. The van der Waals surface area contributed by atoms with Gasteiger partial charge in [-0.2, -0.15) is 0 Å². The van der Waals surface area contributed by atoms with Crippen molar-refractivity contribution in [2.24, 2.45) is 0 Å². The Morgan fingerprint density at radius 3 is 3.16 bits per heavy atom. The fourth-order valence-corrected chi connectivity index (χ4v) is 2.97. The summed E-state index contributed by atoms with van der Waals surface area (Å²) < 4.78 is 5.78. The Balaban J connectivity index is 2.08. The topological polar surface area (TPSA) is 34.1 Å². The van der Waals surface area contributed by atoms with Crippen molar-refractivity contribution in [1.29, 1.82) is 0 Å². The highest BCUT2D eigenvalue weighted by Crippen LogP contribution is 2.32. The lowest BCUT2D eigenvalue weighted by molar-refractivity contribution is 0.101. The summed E-state index contributed by atoms with van der Waals surface area (Å²) in [6.45, 7) is 6.94. The van der Waals surface area contributed by atoms with E-state index in [1.807, 2.05) is 6.20 Å². The number of aryl methyl sites for hydroxylation is 1. The second-order valence-corrected chi connectivity index (χ2v) is 5.29. The fourth-order valence-electron chi connectivity index (χ4n) is 2.97. The van der Waals surface area contributed by atoms with Crippen molar-refractivity contribution in [2.45, 2.75) is 51.5 Å². The van der Waals surface area contributed by atoms with Gasteiger partial charge in [-0.05, 0) is 43.9 Å². The smallest absolute Gasteiger partial charge is 0.0626 e. The first-order valence-corrected chi connectivity index (χ1v) is 7.61. The summed E-state index contributed by atoms with van der Waals surface area (Å²) in [6.07, 6.45) is 6.66. The Kier molecular flexibility index (Phi) is 5.80. The maximum atomic E-state index is 5.78. The van der Waals surface area contributed by atoms with Crippen LogP contribution in [0.15, 0.2) is 18.3 Å². The second-order valence-electron chi connectivity index (χ2n) is 5.29. The Morgan fingerprint density at radius 2 is 2.37 bits per heavy atom. The molecule has 0 fully saturated rings. The van der Waals surface area contributed by atoms with Crippen molar-refractivity contribution in [3.63, 3.8) is 0 Å². The molecule has 1 aromatic heterocycles. The number of aromatic nitrogens is 1. The monoisotopic (exact) mass is 262 g/mol. The average Bonchev–Trinajstić information content (AvgIpc) is 2.46. The number of rotatable bonds is 7. The second kappa shape index (κ2) is 7.61. The SMILES string of the molecule is CCCOCC(NCC)C1CCCc2cccnc21. The molecule has 0 saturated heterocycles. The number of fused-ring (bicyclic) bond motifs is 1. The molecule has 0 saturated carbocycles. The third-order valence-corrected chi connectivity index (χ3v) is 3.84. The predicted molar refractivity (Wildman–Crippen MR) is 78.5 cm³/mol. The molecule has 0 aromatic carbocycles. The van der Waals surface area contributed by atoms with E-state index in [-0.39, 0.29) is 0 Å². The highest BCUT2D eigenvalue weighted by Gasteiger charge is 2.28. The molecule has 1 heterocycles. The van der Waals surface area contributed by atoms with Crippen molar-refractivity contribution >= 4 is 0 Å². The van der Waals surface area contributed by atoms with E-state index < -0.39 is 0 Å². The number of likely N-dealkylation sites (N-methyl/N-ethyl adjacent to an activating group) is 1. The molecule has 1 aliphatic rings. The molecule has 2 atom stereocenters. The molecule has 2 unspecified atom stereocenters. The molecule has 106 valence electrons. The molecule has 0 aliphatic heterocycles. The molecular weight excluding hydrogens is 236 g/mol. The van der Waals surface area contributed by atoms with Crippen LogP contribution in [0.5, 0.6) is 0 Å². The molecule has 1 N–H and O–H groups in total. The van der Waals surface area contributed by atoms with Crippen molar-refractivity contribution in [3.8, 4) is 0 Å². The van der Waals surface area contributed by atoms with Gasteiger partial charge in [-0.25, -0.2) is 0 Å². The van der Waals surface area contributed by atoms with Crippen molar-refractivity contribution in [3.05, 3.63) is 29.6 Å². The summed E-state index contributed by atoms with van der Waals surface area (Å²) in [4.78, 5) is 4.64. The highest BCUT2D eigenvalue weighted by atomic mass is 16.5. The van der Waals surface area contributed by atoms with E-state index in [4.69, 9.17) is 4.74 Å². The van der Waals surface area contributed by atoms with Gasteiger partial charge in [0.1, 0.15) is 0 Å². The Morgan fingerprint density at radius 1 is 1.47 bits per heavy atom. The Hall–Kier alpha value is -0.930. The van der Waals surface area contributed by atoms with Crippen LogP contribution in [0.2, 0.25) is 0 Å². The zero-order valence-corrected chi connectivity index (χ0v) is 12.2. The van der Waals surface area contributed by atoms with Gasteiger partial charge in [0.2, 0.25) is 0 Å². The van der Waals surface area contributed by atoms with Gasteiger partial charge in [0.05, 0.1) is 6.61 Å². The van der Waals surface area contributed by atoms with Crippen LogP contribution in [0.1, 0.15) is 50.3 Å². The largest absolute Gasteiger partial charge is 0.380 e. The zero-order valence-electron chi connectivity index (χ0n) is 12.2. The minimum Gasteiger partial charge on any atom is -0.380 e. The molecule has 0 spiro atoms. The Labute approximate surface area is 116 Å². The molecule has 0 bridgehead atoms. The number of nitrogens with one attached hydrogen (secondary N) is 1. The van der Waals surface area contributed by atoms with Crippen molar-refractivity contribution in [1.82, 2.24) is 10.3 Å². The lowest BCUT2D eigenvalue weighted by Gasteiger charge is -2.31. The molecule has 0 amide bonds. The molecule has 1 aliphatic carbocycles. The summed E-state index contributed by atoms with van der Waals surface area (Å²) in [5, 5.41) is 3.59. The van der Waals surface area contributed by atoms with Crippen LogP contribution in [0, 0.1) is 0 Å². The van der Waals surface area contributed by atoms with Gasteiger partial charge in [0.25, 0.3) is 0 Å². The highest BCUT2D eigenvalue weighted by molar-refractivity contribution is 5.27. The van der Waals surface area contributed by atoms with Gasteiger partial charge in [-0.1, -0.05) is 19.9 Å². The summed E-state index contributed by atoms with van der Waals surface area (Å²) >= 11 is 0. The van der Waals surface area contributed by atoms with E-state index in [0.717, 1.165) is 26.2 Å². The van der Waals surface area contributed by atoms with Gasteiger partial charge in [-0.3, -0.25) is 4.98 Å². The lowest BCUT2D eigenvalue weighted by Crippen LogP contribution is -2.40. The average molecular weight is 262 g/mol. The summed E-state index contributed by atoms with van der Waals surface area (Å²) in [6, 6.07) is 4.67. The molecule has 0 radical (unpaired) electrons. The number of hydrogen-bond donors (Lipinski definition) is 1. The van der Waals surface area contributed by atoms with Crippen LogP contribution in [-0.4, -0.2) is 30.8 Å². The Bertz CT molecular complexity index is 381. The van der Waals surface area contributed by atoms with E-state index >= 15 is 0 Å². The number of ether oxygens (including phenoxy) is 1. The van der Waals surface area contributed by atoms with Gasteiger partial charge in [0, 0.05) is 30.5 Å². The van der Waals surface area contributed by atoms with E-state index in [1.165, 1.54) is 30.5 Å². The fraction of sp³-hybridized carbons (Fsp3) is 0.688. The van der Waals surface area contributed by atoms with Crippen LogP contribution < -0.4 is 5.32 Å². The zero-order chi connectivity index (χ0) is 13.5. The minimum absolute atomic E-state index is 0.394. The van der Waals surface area contributed by atoms with E-state index in [1.54, 1.807) is 0 Å². The van der Waals surface area contributed by atoms with Crippen LogP contribution in [0.4, 0.5) is 0 Å². The molecular formula is C16H26N2O. The first kappa shape index (κ1) is 14.5. The van der Waals surface area contributed by atoms with Crippen LogP contribution in [0.25, 0.3) is 0 Å². The van der Waals surface area contributed by atoms with Crippen LogP contribution >= 0.6 is 0 Å². The normalized spacial score (nSPS) is 20.0. The van der Waals surface area contributed by atoms with E-state index in [9.17, 15) is 0 Å². The lowest BCUT2D eigenvalue weighted by atomic mass is 9.82. The minimum atomic E-state index is 0.394. The summed E-state index contributed by atoms with van der Waals surface area (Å²) in [5.74, 6) is 0.502. The number of pyridine rings is 1. The number of hydrogen-bond acceptors (Lipinski definition) is 3. The summed E-state index contributed by atoms with van der Waals surface area (Å²) in [5.41, 5.74) is 2.72. The predicted octanol–water partition coefficient (Wildman–Crippen LogP) is 2.91. The van der Waals surface area contributed by atoms with Gasteiger partial charge in [-0.15, -0.1) is 0 Å². The first-order chi connectivity index (χ1) is 9.36.